The molecule has 0 atom stereocenters. The van der Waals surface area contributed by atoms with Gasteiger partial charge in [-0.2, -0.15) is 4.98 Å². The second-order valence-corrected chi connectivity index (χ2v) is 3.90. The highest BCUT2D eigenvalue weighted by molar-refractivity contribution is 5.87. The number of carbonyl (C=O) groups is 1. The van der Waals surface area contributed by atoms with Gasteiger partial charge in [0.2, 0.25) is 5.88 Å². The van der Waals surface area contributed by atoms with Gasteiger partial charge in [0.15, 0.2) is 0 Å². The van der Waals surface area contributed by atoms with Gasteiger partial charge >= 0.3 is 5.97 Å². The Morgan fingerprint density at radius 3 is 2.63 bits per heavy atom. The Morgan fingerprint density at radius 2 is 2.00 bits per heavy atom. The first-order valence-electron chi connectivity index (χ1n) is 5.79. The third kappa shape index (κ3) is 3.45. The van der Waals surface area contributed by atoms with Crippen LogP contribution < -0.4 is 10.1 Å². The van der Waals surface area contributed by atoms with Crippen molar-refractivity contribution in [1.82, 2.24) is 4.98 Å². The quantitative estimate of drug-likeness (QED) is 0.861. The molecule has 5 heteroatoms. The molecule has 0 saturated carbocycles. The van der Waals surface area contributed by atoms with E-state index in [1.807, 2.05) is 12.1 Å². The molecule has 2 aromatic rings. The summed E-state index contributed by atoms with van der Waals surface area (Å²) in [5.74, 6) is 0.323. The minimum Gasteiger partial charge on any atom is -0.478 e. The highest BCUT2D eigenvalue weighted by Crippen LogP contribution is 2.13. The minimum absolute atomic E-state index is 0.263. The monoisotopic (exact) mass is 258 g/mol. The lowest BCUT2D eigenvalue weighted by Crippen LogP contribution is -2.00. The van der Waals surface area contributed by atoms with Crippen LogP contribution in [0.25, 0.3) is 0 Å². The van der Waals surface area contributed by atoms with Crippen molar-refractivity contribution in [1.29, 1.82) is 0 Å². The molecule has 0 unspecified atom stereocenters. The van der Waals surface area contributed by atoms with Gasteiger partial charge in [-0.1, -0.05) is 18.2 Å². The van der Waals surface area contributed by atoms with Crippen molar-refractivity contribution < 1.29 is 14.6 Å². The molecule has 1 aromatic heterocycles. The second kappa shape index (κ2) is 5.86. The summed E-state index contributed by atoms with van der Waals surface area (Å²) in [6, 6.07) is 12.0. The van der Waals surface area contributed by atoms with Crippen LogP contribution in [-0.4, -0.2) is 23.1 Å². The van der Waals surface area contributed by atoms with Crippen LogP contribution in [0.3, 0.4) is 0 Å². The third-order valence-corrected chi connectivity index (χ3v) is 2.57. The van der Waals surface area contributed by atoms with Crippen molar-refractivity contribution in [3.05, 3.63) is 53.6 Å². The lowest BCUT2D eigenvalue weighted by molar-refractivity contribution is 0.0697. The predicted molar refractivity (Wildman–Crippen MR) is 71.5 cm³/mol. The summed E-state index contributed by atoms with van der Waals surface area (Å²) in [6.07, 6.45) is 0. The summed E-state index contributed by atoms with van der Waals surface area (Å²) >= 11 is 0. The number of ether oxygens (including phenoxy) is 1. The number of carboxylic acid groups (broad SMARTS) is 1. The van der Waals surface area contributed by atoms with E-state index in [4.69, 9.17) is 9.84 Å². The number of hydrogen-bond donors (Lipinski definition) is 2. The van der Waals surface area contributed by atoms with Gasteiger partial charge in [-0.3, -0.25) is 0 Å². The predicted octanol–water partition coefficient (Wildman–Crippen LogP) is 2.40. The zero-order chi connectivity index (χ0) is 13.7. The Kier molecular flexibility index (Phi) is 3.97. The van der Waals surface area contributed by atoms with Gasteiger partial charge in [-0.25, -0.2) is 4.79 Å². The first-order chi connectivity index (χ1) is 9.19. The molecule has 0 aliphatic heterocycles. The number of pyridine rings is 1. The van der Waals surface area contributed by atoms with Crippen LogP contribution in [0.4, 0.5) is 5.82 Å². The Labute approximate surface area is 110 Å². The van der Waals surface area contributed by atoms with Crippen molar-refractivity contribution in [2.45, 2.75) is 6.61 Å². The molecule has 0 aliphatic carbocycles. The SMILES string of the molecule is CNc1cccc(OCc2ccc(C(=O)O)cc2)n1. The normalized spacial score (nSPS) is 9.95. The van der Waals surface area contributed by atoms with E-state index < -0.39 is 5.97 Å². The van der Waals surface area contributed by atoms with Crippen molar-refractivity contribution in [3.8, 4) is 5.88 Å². The summed E-state index contributed by atoms with van der Waals surface area (Å²) in [5, 5.41) is 11.7. The largest absolute Gasteiger partial charge is 0.478 e. The highest BCUT2D eigenvalue weighted by Gasteiger charge is 2.02. The smallest absolute Gasteiger partial charge is 0.335 e. The maximum absolute atomic E-state index is 10.7. The maximum Gasteiger partial charge on any atom is 0.335 e. The fourth-order valence-corrected chi connectivity index (χ4v) is 1.54. The molecule has 19 heavy (non-hydrogen) atoms. The van der Waals surface area contributed by atoms with Gasteiger partial charge in [0.1, 0.15) is 12.4 Å². The molecule has 5 nitrogen and oxygen atoms in total. The highest BCUT2D eigenvalue weighted by atomic mass is 16.5. The molecule has 1 heterocycles. The van der Waals surface area contributed by atoms with Crippen molar-refractivity contribution in [3.63, 3.8) is 0 Å². The number of carboxylic acids is 1. The van der Waals surface area contributed by atoms with Crippen LogP contribution in [0.5, 0.6) is 5.88 Å². The average Bonchev–Trinajstić information content (AvgIpc) is 2.46. The van der Waals surface area contributed by atoms with E-state index in [1.54, 1.807) is 37.4 Å². The molecule has 0 spiro atoms. The molecule has 98 valence electrons. The number of hydrogen-bond acceptors (Lipinski definition) is 4. The van der Waals surface area contributed by atoms with Gasteiger partial charge in [-0.05, 0) is 23.8 Å². The van der Waals surface area contributed by atoms with Crippen LogP contribution in [-0.2, 0) is 6.61 Å². The van der Waals surface area contributed by atoms with Crippen molar-refractivity contribution in [2.75, 3.05) is 12.4 Å². The zero-order valence-corrected chi connectivity index (χ0v) is 10.5. The van der Waals surface area contributed by atoms with E-state index in [-0.39, 0.29) is 5.56 Å². The first-order valence-corrected chi connectivity index (χ1v) is 5.79. The summed E-state index contributed by atoms with van der Waals surface area (Å²) < 4.78 is 5.54. The van der Waals surface area contributed by atoms with Gasteiger partial charge in [-0.15, -0.1) is 0 Å². The fourth-order valence-electron chi connectivity index (χ4n) is 1.54. The van der Waals surface area contributed by atoms with E-state index in [2.05, 4.69) is 10.3 Å². The van der Waals surface area contributed by atoms with E-state index >= 15 is 0 Å². The fraction of sp³-hybridized carbons (Fsp3) is 0.143. The van der Waals surface area contributed by atoms with Crippen LogP contribution in [0.15, 0.2) is 42.5 Å². The minimum atomic E-state index is -0.934. The molecular formula is C14H14N2O3. The summed E-state index contributed by atoms with van der Waals surface area (Å²) in [6.45, 7) is 0.347. The Hall–Kier alpha value is -2.56. The Bertz CT molecular complexity index is 567. The lowest BCUT2D eigenvalue weighted by atomic mass is 10.1. The Balaban J connectivity index is 1.99. The summed E-state index contributed by atoms with van der Waals surface area (Å²) in [7, 11) is 1.79. The van der Waals surface area contributed by atoms with E-state index in [0.717, 1.165) is 11.4 Å². The van der Waals surface area contributed by atoms with Gasteiger partial charge in [0.25, 0.3) is 0 Å². The Morgan fingerprint density at radius 1 is 1.26 bits per heavy atom. The van der Waals surface area contributed by atoms with Gasteiger partial charge in [0.05, 0.1) is 5.56 Å². The van der Waals surface area contributed by atoms with Crippen molar-refractivity contribution in [2.24, 2.45) is 0 Å². The number of rotatable bonds is 5. The van der Waals surface area contributed by atoms with E-state index in [9.17, 15) is 4.79 Å². The van der Waals surface area contributed by atoms with Gasteiger partial charge < -0.3 is 15.2 Å². The van der Waals surface area contributed by atoms with Crippen LogP contribution >= 0.6 is 0 Å². The average molecular weight is 258 g/mol. The zero-order valence-electron chi connectivity index (χ0n) is 10.5. The third-order valence-electron chi connectivity index (χ3n) is 2.57. The summed E-state index contributed by atoms with van der Waals surface area (Å²) in [5.41, 5.74) is 1.15. The molecule has 0 radical (unpaired) electrons. The van der Waals surface area contributed by atoms with Crippen molar-refractivity contribution >= 4 is 11.8 Å². The molecule has 0 aliphatic rings. The van der Waals surface area contributed by atoms with E-state index in [0.29, 0.717) is 12.5 Å². The second-order valence-electron chi connectivity index (χ2n) is 3.90. The molecular weight excluding hydrogens is 244 g/mol. The molecule has 2 rings (SSSR count). The topological polar surface area (TPSA) is 71.5 Å². The number of nitrogens with one attached hydrogen (secondary N) is 1. The van der Waals surface area contributed by atoms with Crippen LogP contribution in [0.2, 0.25) is 0 Å². The van der Waals surface area contributed by atoms with Crippen LogP contribution in [0, 0.1) is 0 Å². The maximum atomic E-state index is 10.7. The first kappa shape index (κ1) is 12.9. The van der Waals surface area contributed by atoms with Crippen LogP contribution in [0.1, 0.15) is 15.9 Å². The van der Waals surface area contributed by atoms with Gasteiger partial charge in [0, 0.05) is 13.1 Å². The molecule has 0 saturated heterocycles. The molecule has 1 aromatic carbocycles. The molecule has 2 N–H and O–H groups in total. The lowest BCUT2D eigenvalue weighted by Gasteiger charge is -2.07. The number of nitrogens with zero attached hydrogens (tertiary/aromatic N) is 1. The van der Waals surface area contributed by atoms with E-state index in [1.165, 1.54) is 0 Å². The number of anilines is 1. The number of aromatic carboxylic acids is 1. The standard InChI is InChI=1S/C14H14N2O3/c1-15-12-3-2-4-13(16-12)19-9-10-5-7-11(8-6-10)14(17)18/h2-8H,9H2,1H3,(H,15,16)(H,17,18). The molecule has 0 fully saturated rings. The number of benzene rings is 1. The molecule has 0 bridgehead atoms. The summed E-state index contributed by atoms with van der Waals surface area (Å²) in [4.78, 5) is 14.9. The molecule has 0 amide bonds. The number of aromatic nitrogens is 1.